The van der Waals surface area contributed by atoms with Crippen molar-refractivity contribution in [3.8, 4) is 11.5 Å². The van der Waals surface area contributed by atoms with Crippen molar-refractivity contribution >= 4 is 16.7 Å². The highest BCUT2D eigenvalue weighted by Crippen LogP contribution is 2.28. The number of unbranched alkanes of at least 4 members (excludes halogenated alkanes) is 2. The molecule has 0 saturated heterocycles. The van der Waals surface area contributed by atoms with Gasteiger partial charge in [-0.3, -0.25) is 4.79 Å². The molecule has 2 aromatic carbocycles. The summed E-state index contributed by atoms with van der Waals surface area (Å²) in [5.41, 5.74) is 2.43. The molecule has 0 N–H and O–H groups in total. The smallest absolute Gasteiger partial charge is 0.195 e. The predicted octanol–water partition coefficient (Wildman–Crippen LogP) is 5.08. The zero-order valence-electron chi connectivity index (χ0n) is 15.6. The van der Waals surface area contributed by atoms with Crippen molar-refractivity contribution in [2.75, 3.05) is 14.2 Å². The number of fused-ring (bicyclic) bond motifs is 1. The van der Waals surface area contributed by atoms with Crippen LogP contribution in [0.15, 0.2) is 48.7 Å². The van der Waals surface area contributed by atoms with Gasteiger partial charge in [0.25, 0.3) is 0 Å². The molecule has 3 aromatic rings. The number of ether oxygens (including phenoxy) is 2. The van der Waals surface area contributed by atoms with Crippen LogP contribution in [-0.2, 0) is 6.54 Å². The summed E-state index contributed by atoms with van der Waals surface area (Å²) in [5.74, 6) is 1.51. The van der Waals surface area contributed by atoms with E-state index < -0.39 is 0 Å². The molecule has 0 aliphatic rings. The Morgan fingerprint density at radius 1 is 0.962 bits per heavy atom. The van der Waals surface area contributed by atoms with Gasteiger partial charge in [0.05, 0.1) is 14.2 Å². The second-order valence-corrected chi connectivity index (χ2v) is 6.38. The third kappa shape index (κ3) is 3.59. The van der Waals surface area contributed by atoms with Gasteiger partial charge in [-0.05, 0) is 48.9 Å². The number of carbonyl (C=O) groups excluding carboxylic acids is 1. The maximum atomic E-state index is 13.1. The summed E-state index contributed by atoms with van der Waals surface area (Å²) >= 11 is 0. The Morgan fingerprint density at radius 3 is 2.31 bits per heavy atom. The van der Waals surface area contributed by atoms with E-state index >= 15 is 0 Å². The predicted molar refractivity (Wildman–Crippen MR) is 104 cm³/mol. The number of ketones is 1. The highest BCUT2D eigenvalue weighted by atomic mass is 16.5. The first-order chi connectivity index (χ1) is 12.7. The van der Waals surface area contributed by atoms with E-state index in [0.29, 0.717) is 11.1 Å². The van der Waals surface area contributed by atoms with E-state index in [1.807, 2.05) is 48.7 Å². The molecule has 0 unspecified atom stereocenters. The number of benzene rings is 2. The number of methoxy groups -OCH3 is 2. The molecule has 0 spiro atoms. The van der Waals surface area contributed by atoms with E-state index in [2.05, 4.69) is 11.5 Å². The standard InChI is InChI=1S/C22H25NO3/c1-4-5-6-13-23-15-20(19-14-18(26-3)11-12-21(19)23)22(24)16-7-9-17(25-2)10-8-16/h7-12,14-15H,4-6,13H2,1-3H3. The summed E-state index contributed by atoms with van der Waals surface area (Å²) in [4.78, 5) is 13.1. The monoisotopic (exact) mass is 351 g/mol. The number of hydrogen-bond acceptors (Lipinski definition) is 3. The van der Waals surface area contributed by atoms with Gasteiger partial charge in [0.15, 0.2) is 5.78 Å². The van der Waals surface area contributed by atoms with Gasteiger partial charge in [0.2, 0.25) is 0 Å². The van der Waals surface area contributed by atoms with Crippen LogP contribution in [0.4, 0.5) is 0 Å². The molecule has 3 rings (SSSR count). The van der Waals surface area contributed by atoms with Gasteiger partial charge < -0.3 is 14.0 Å². The fourth-order valence-electron chi connectivity index (χ4n) is 3.20. The van der Waals surface area contributed by atoms with Crippen LogP contribution >= 0.6 is 0 Å². The third-order valence-corrected chi connectivity index (χ3v) is 4.69. The highest BCUT2D eigenvalue weighted by Gasteiger charge is 2.17. The lowest BCUT2D eigenvalue weighted by atomic mass is 10.0. The Hall–Kier alpha value is -2.75. The lowest BCUT2D eigenvalue weighted by Gasteiger charge is -2.05. The molecule has 0 aliphatic heterocycles. The van der Waals surface area contributed by atoms with Crippen LogP contribution in [0, 0.1) is 0 Å². The largest absolute Gasteiger partial charge is 0.497 e. The van der Waals surface area contributed by atoms with Crippen molar-refractivity contribution in [3.05, 3.63) is 59.8 Å². The lowest BCUT2D eigenvalue weighted by Crippen LogP contribution is -2.01. The van der Waals surface area contributed by atoms with E-state index in [1.165, 1.54) is 12.8 Å². The summed E-state index contributed by atoms with van der Waals surface area (Å²) in [6.45, 7) is 3.10. The average molecular weight is 351 g/mol. The van der Waals surface area contributed by atoms with Crippen molar-refractivity contribution in [2.24, 2.45) is 0 Å². The fraction of sp³-hybridized carbons (Fsp3) is 0.318. The Kier molecular flexibility index (Phi) is 5.61. The van der Waals surface area contributed by atoms with Crippen LogP contribution in [0.2, 0.25) is 0 Å². The number of aromatic nitrogens is 1. The number of rotatable bonds is 8. The maximum absolute atomic E-state index is 13.1. The molecular weight excluding hydrogens is 326 g/mol. The van der Waals surface area contributed by atoms with Gasteiger partial charge in [-0.15, -0.1) is 0 Å². The van der Waals surface area contributed by atoms with E-state index in [4.69, 9.17) is 9.47 Å². The zero-order valence-corrected chi connectivity index (χ0v) is 15.6. The first-order valence-electron chi connectivity index (χ1n) is 9.03. The zero-order chi connectivity index (χ0) is 18.5. The second-order valence-electron chi connectivity index (χ2n) is 6.38. The Morgan fingerprint density at radius 2 is 1.65 bits per heavy atom. The summed E-state index contributed by atoms with van der Waals surface area (Å²) in [6.07, 6.45) is 5.43. The Bertz CT molecular complexity index is 894. The summed E-state index contributed by atoms with van der Waals surface area (Å²) in [5, 5.41) is 0.932. The molecule has 0 atom stereocenters. The van der Waals surface area contributed by atoms with E-state index in [1.54, 1.807) is 14.2 Å². The van der Waals surface area contributed by atoms with E-state index in [0.717, 1.165) is 35.4 Å². The normalized spacial score (nSPS) is 10.9. The number of hydrogen-bond donors (Lipinski definition) is 0. The summed E-state index contributed by atoms with van der Waals surface area (Å²) in [6, 6.07) is 13.2. The van der Waals surface area contributed by atoms with Gasteiger partial charge in [-0.1, -0.05) is 19.8 Å². The fourth-order valence-corrected chi connectivity index (χ4v) is 3.20. The maximum Gasteiger partial charge on any atom is 0.195 e. The number of aryl methyl sites for hydroxylation is 1. The topological polar surface area (TPSA) is 40.5 Å². The van der Waals surface area contributed by atoms with Crippen molar-refractivity contribution in [2.45, 2.75) is 32.7 Å². The minimum absolute atomic E-state index is 0.0140. The van der Waals surface area contributed by atoms with Crippen LogP contribution in [0.25, 0.3) is 10.9 Å². The first-order valence-corrected chi connectivity index (χ1v) is 9.03. The SMILES string of the molecule is CCCCCn1cc(C(=O)c2ccc(OC)cc2)c2cc(OC)ccc21. The molecule has 0 amide bonds. The minimum Gasteiger partial charge on any atom is -0.497 e. The minimum atomic E-state index is 0.0140. The van der Waals surface area contributed by atoms with E-state index in [9.17, 15) is 4.79 Å². The molecule has 0 bridgehead atoms. The van der Waals surface area contributed by atoms with Gasteiger partial charge >= 0.3 is 0 Å². The average Bonchev–Trinajstić information content (AvgIpc) is 3.05. The van der Waals surface area contributed by atoms with Gasteiger partial charge in [-0.2, -0.15) is 0 Å². The van der Waals surface area contributed by atoms with Crippen molar-refractivity contribution in [1.29, 1.82) is 0 Å². The molecular formula is C22H25NO3. The number of nitrogens with zero attached hydrogens (tertiary/aromatic N) is 1. The molecule has 1 aromatic heterocycles. The quantitative estimate of drug-likeness (QED) is 0.420. The van der Waals surface area contributed by atoms with Crippen molar-refractivity contribution in [1.82, 2.24) is 4.57 Å². The van der Waals surface area contributed by atoms with Gasteiger partial charge in [0, 0.05) is 34.8 Å². The van der Waals surface area contributed by atoms with Crippen LogP contribution < -0.4 is 9.47 Å². The molecule has 26 heavy (non-hydrogen) atoms. The molecule has 1 heterocycles. The Labute approximate surface area is 154 Å². The molecule has 0 saturated carbocycles. The molecule has 4 nitrogen and oxygen atoms in total. The molecule has 4 heteroatoms. The second kappa shape index (κ2) is 8.09. The van der Waals surface area contributed by atoms with E-state index in [-0.39, 0.29) is 5.78 Å². The molecule has 0 radical (unpaired) electrons. The van der Waals surface area contributed by atoms with Crippen molar-refractivity contribution < 1.29 is 14.3 Å². The Balaban J connectivity index is 2.03. The first kappa shape index (κ1) is 18.1. The van der Waals surface area contributed by atoms with Gasteiger partial charge in [-0.25, -0.2) is 0 Å². The lowest BCUT2D eigenvalue weighted by molar-refractivity contribution is 0.104. The van der Waals surface area contributed by atoms with Crippen LogP contribution in [-0.4, -0.2) is 24.6 Å². The summed E-state index contributed by atoms with van der Waals surface area (Å²) in [7, 11) is 3.26. The van der Waals surface area contributed by atoms with Gasteiger partial charge in [0.1, 0.15) is 11.5 Å². The van der Waals surface area contributed by atoms with Crippen molar-refractivity contribution in [3.63, 3.8) is 0 Å². The molecule has 0 fully saturated rings. The summed E-state index contributed by atoms with van der Waals surface area (Å²) < 4.78 is 12.7. The highest BCUT2D eigenvalue weighted by molar-refractivity contribution is 6.16. The van der Waals surface area contributed by atoms with Crippen LogP contribution in [0.1, 0.15) is 42.1 Å². The third-order valence-electron chi connectivity index (χ3n) is 4.69. The number of carbonyl (C=O) groups is 1. The molecule has 0 aliphatic carbocycles. The van der Waals surface area contributed by atoms with Crippen LogP contribution in [0.3, 0.4) is 0 Å². The van der Waals surface area contributed by atoms with Crippen LogP contribution in [0.5, 0.6) is 11.5 Å². The molecule has 136 valence electrons.